The Bertz CT molecular complexity index is 1090. The summed E-state index contributed by atoms with van der Waals surface area (Å²) < 4.78 is 38.5. The van der Waals surface area contributed by atoms with Crippen molar-refractivity contribution < 1.29 is 27.8 Å². The van der Waals surface area contributed by atoms with Crippen molar-refractivity contribution in [3.8, 4) is 0 Å². The van der Waals surface area contributed by atoms with Gasteiger partial charge in [-0.05, 0) is 24.3 Å². The molecule has 1 aromatic carbocycles. The van der Waals surface area contributed by atoms with Gasteiger partial charge in [0.05, 0.1) is 37.0 Å². The van der Waals surface area contributed by atoms with Gasteiger partial charge in [0.25, 0.3) is 11.8 Å². The normalized spacial score (nSPS) is 11.5. The molecular weight excluding hydrogens is 398 g/mol. The fourth-order valence-electron chi connectivity index (χ4n) is 2.80. The number of methoxy groups -OCH3 is 2. The Hall–Kier alpha value is -3.40. The number of hydrogen-bond donors (Lipinski definition) is 1. The minimum Gasteiger partial charge on any atom is -0.465 e. The Kier molecular flexibility index (Phi) is 6.06. The summed E-state index contributed by atoms with van der Waals surface area (Å²) in [5.74, 6) is -4.61. The summed E-state index contributed by atoms with van der Waals surface area (Å²) in [6.07, 6.45) is 1.74. The van der Waals surface area contributed by atoms with Gasteiger partial charge in [-0.3, -0.25) is 9.48 Å². The van der Waals surface area contributed by atoms with Crippen LogP contribution in [-0.4, -0.2) is 47.5 Å². The number of halogens is 2. The van der Waals surface area contributed by atoms with Crippen molar-refractivity contribution in [2.45, 2.75) is 19.4 Å². The molecule has 8 nitrogen and oxygen atoms in total. The number of benzene rings is 1. The van der Waals surface area contributed by atoms with E-state index >= 15 is 0 Å². The third-order valence-electron chi connectivity index (χ3n) is 4.30. The predicted molar refractivity (Wildman–Crippen MR) is 105 cm³/mol. The van der Waals surface area contributed by atoms with Gasteiger partial charge in [0.2, 0.25) is 0 Å². The molecule has 0 aliphatic heterocycles. The van der Waals surface area contributed by atoms with Crippen molar-refractivity contribution >= 4 is 28.5 Å². The molecule has 0 bridgehead atoms. The Morgan fingerprint density at radius 1 is 1.23 bits per heavy atom. The molecule has 0 saturated carbocycles. The monoisotopic (exact) mass is 418 g/mol. The van der Waals surface area contributed by atoms with Crippen LogP contribution in [0.2, 0.25) is 0 Å². The van der Waals surface area contributed by atoms with Gasteiger partial charge < -0.3 is 14.8 Å². The molecule has 0 radical (unpaired) electrons. The Morgan fingerprint density at radius 2 is 2.00 bits per heavy atom. The van der Waals surface area contributed by atoms with Gasteiger partial charge >= 0.3 is 5.97 Å². The quantitative estimate of drug-likeness (QED) is 0.592. The molecule has 1 amide bonds. The number of nitrogens with one attached hydrogen (secondary N) is 1. The predicted octanol–water partition coefficient (Wildman–Crippen LogP) is 3.23. The molecule has 0 atom stereocenters. The zero-order chi connectivity index (χ0) is 21.9. The van der Waals surface area contributed by atoms with Crippen LogP contribution >= 0.6 is 0 Å². The van der Waals surface area contributed by atoms with Crippen LogP contribution in [0.25, 0.3) is 10.9 Å². The van der Waals surface area contributed by atoms with Crippen LogP contribution in [0, 0.1) is 0 Å². The standard InChI is InChI=1S/C20H20F2N4O4/c1-20(21,22)17-6-4-5-14(23-17)18(27)24-16-9-12-11-26(7-8-29-2)25-15(12)10-13(16)19(28)30-3/h4-6,9-11H,7-8H2,1-3H3,(H,24,27). The van der Waals surface area contributed by atoms with Gasteiger partial charge in [0, 0.05) is 25.6 Å². The minimum absolute atomic E-state index is 0.0762. The van der Waals surface area contributed by atoms with Crippen molar-refractivity contribution in [3.05, 3.63) is 53.5 Å². The highest BCUT2D eigenvalue weighted by molar-refractivity contribution is 6.09. The molecule has 1 N–H and O–H groups in total. The van der Waals surface area contributed by atoms with Crippen molar-refractivity contribution in [3.63, 3.8) is 0 Å². The number of amides is 1. The van der Waals surface area contributed by atoms with E-state index in [1.807, 2.05) is 0 Å². The molecule has 0 saturated heterocycles. The molecular formula is C20H20F2N4O4. The SMILES string of the molecule is COCCn1cc2cc(NC(=O)c3cccc(C(C)(F)F)n3)c(C(=O)OC)cc2n1. The van der Waals surface area contributed by atoms with Gasteiger partial charge in [-0.1, -0.05) is 6.07 Å². The van der Waals surface area contributed by atoms with Gasteiger partial charge in [-0.15, -0.1) is 0 Å². The van der Waals surface area contributed by atoms with Crippen LogP contribution in [0.4, 0.5) is 14.5 Å². The van der Waals surface area contributed by atoms with Crippen molar-refractivity contribution in [1.82, 2.24) is 14.8 Å². The summed E-state index contributed by atoms with van der Waals surface area (Å²) in [7, 11) is 2.79. The minimum atomic E-state index is -3.19. The maximum Gasteiger partial charge on any atom is 0.340 e. The molecule has 3 aromatic rings. The highest BCUT2D eigenvalue weighted by Crippen LogP contribution is 2.27. The van der Waals surface area contributed by atoms with Gasteiger partial charge in [0.15, 0.2) is 0 Å². The van der Waals surface area contributed by atoms with Gasteiger partial charge in [0.1, 0.15) is 11.4 Å². The number of anilines is 1. The lowest BCUT2D eigenvalue weighted by molar-refractivity contribution is 0.0126. The number of pyridine rings is 1. The highest BCUT2D eigenvalue weighted by atomic mass is 19.3. The lowest BCUT2D eigenvalue weighted by Crippen LogP contribution is -2.19. The van der Waals surface area contributed by atoms with Gasteiger partial charge in [-0.2, -0.15) is 13.9 Å². The number of esters is 1. The molecule has 0 unspecified atom stereocenters. The molecule has 0 aliphatic carbocycles. The van der Waals surface area contributed by atoms with E-state index in [0.29, 0.717) is 31.0 Å². The number of nitrogens with zero attached hydrogens (tertiary/aromatic N) is 3. The van der Waals surface area contributed by atoms with E-state index in [4.69, 9.17) is 9.47 Å². The first-order valence-electron chi connectivity index (χ1n) is 8.98. The zero-order valence-electron chi connectivity index (χ0n) is 16.6. The number of carbonyl (C=O) groups is 2. The largest absolute Gasteiger partial charge is 0.465 e. The number of hydrogen-bond acceptors (Lipinski definition) is 6. The molecule has 0 spiro atoms. The zero-order valence-corrected chi connectivity index (χ0v) is 16.6. The van der Waals surface area contributed by atoms with E-state index in [-0.39, 0.29) is 16.9 Å². The van der Waals surface area contributed by atoms with E-state index in [1.165, 1.54) is 25.3 Å². The number of ether oxygens (including phenoxy) is 2. The molecule has 2 heterocycles. The maximum atomic E-state index is 13.5. The Balaban J connectivity index is 1.97. The summed E-state index contributed by atoms with van der Waals surface area (Å²) in [5.41, 5.74) is 0.0163. The van der Waals surface area contributed by atoms with Crippen molar-refractivity contribution in [2.24, 2.45) is 0 Å². The second-order valence-electron chi connectivity index (χ2n) is 6.58. The van der Waals surface area contributed by atoms with Gasteiger partial charge in [-0.25, -0.2) is 9.78 Å². The number of carbonyl (C=O) groups excluding carboxylic acids is 2. The molecule has 0 fully saturated rings. The van der Waals surface area contributed by atoms with E-state index in [1.54, 1.807) is 24.1 Å². The first kappa shape index (κ1) is 21.3. The Labute approximate surface area is 170 Å². The molecule has 10 heteroatoms. The van der Waals surface area contributed by atoms with E-state index in [9.17, 15) is 18.4 Å². The summed E-state index contributed by atoms with van der Waals surface area (Å²) in [4.78, 5) is 28.6. The van der Waals surface area contributed by atoms with Crippen LogP contribution < -0.4 is 5.32 Å². The maximum absolute atomic E-state index is 13.5. The van der Waals surface area contributed by atoms with Crippen LogP contribution in [-0.2, 0) is 21.9 Å². The topological polar surface area (TPSA) is 95.3 Å². The average Bonchev–Trinajstić information content (AvgIpc) is 3.12. The molecule has 2 aromatic heterocycles. The highest BCUT2D eigenvalue weighted by Gasteiger charge is 2.27. The summed E-state index contributed by atoms with van der Waals surface area (Å²) in [5, 5.41) is 7.58. The number of aromatic nitrogens is 3. The third kappa shape index (κ3) is 4.60. The van der Waals surface area contributed by atoms with Crippen molar-refractivity contribution in [1.29, 1.82) is 0 Å². The number of rotatable bonds is 7. The lowest BCUT2D eigenvalue weighted by Gasteiger charge is -2.12. The Morgan fingerprint density at radius 3 is 2.67 bits per heavy atom. The second kappa shape index (κ2) is 8.54. The van der Waals surface area contributed by atoms with Crippen molar-refractivity contribution in [2.75, 3.05) is 26.1 Å². The summed E-state index contributed by atoms with van der Waals surface area (Å²) >= 11 is 0. The van der Waals surface area contributed by atoms with E-state index < -0.39 is 23.5 Å². The first-order valence-corrected chi connectivity index (χ1v) is 8.98. The van der Waals surface area contributed by atoms with Crippen LogP contribution in [0.1, 0.15) is 33.5 Å². The number of fused-ring (bicyclic) bond motifs is 1. The van der Waals surface area contributed by atoms with Crippen LogP contribution in [0.5, 0.6) is 0 Å². The fourth-order valence-corrected chi connectivity index (χ4v) is 2.80. The molecule has 0 aliphatic rings. The molecule has 3 rings (SSSR count). The number of alkyl halides is 2. The third-order valence-corrected chi connectivity index (χ3v) is 4.30. The second-order valence-corrected chi connectivity index (χ2v) is 6.58. The fraction of sp³-hybridized carbons (Fsp3) is 0.300. The summed E-state index contributed by atoms with van der Waals surface area (Å²) in [6, 6.07) is 6.82. The molecule has 158 valence electrons. The molecule has 30 heavy (non-hydrogen) atoms. The van der Waals surface area contributed by atoms with E-state index in [0.717, 1.165) is 6.07 Å². The van der Waals surface area contributed by atoms with Crippen LogP contribution in [0.15, 0.2) is 36.5 Å². The average molecular weight is 418 g/mol. The first-order chi connectivity index (χ1) is 14.2. The van der Waals surface area contributed by atoms with Crippen LogP contribution in [0.3, 0.4) is 0 Å². The summed E-state index contributed by atoms with van der Waals surface area (Å²) in [6.45, 7) is 1.65. The lowest BCUT2D eigenvalue weighted by atomic mass is 10.1. The van der Waals surface area contributed by atoms with E-state index in [2.05, 4.69) is 15.4 Å². The smallest absolute Gasteiger partial charge is 0.340 e.